The number of hydrogen-bond donors (Lipinski definition) is 0. The Bertz CT molecular complexity index is 1970. The number of aromatic nitrogens is 2. The van der Waals surface area contributed by atoms with E-state index in [-0.39, 0.29) is 25.5 Å². The first-order valence-electron chi connectivity index (χ1n) is 13.8. The molecule has 4 aromatic heterocycles. The molecule has 213 valence electrons. The average Bonchev–Trinajstić information content (AvgIpc) is 3.57. The number of hydrogen-bond acceptors (Lipinski definition) is 4. The molecule has 3 aromatic carbocycles. The van der Waals surface area contributed by atoms with E-state index < -0.39 is 0 Å². The summed E-state index contributed by atoms with van der Waals surface area (Å²) in [6.07, 6.45) is 4.86. The van der Waals surface area contributed by atoms with Gasteiger partial charge in [-0.15, -0.1) is 65.4 Å². The fraction of sp³-hybridized carbons (Fsp3) is 0.189. The van der Waals surface area contributed by atoms with Gasteiger partial charge in [0.15, 0.2) is 0 Å². The van der Waals surface area contributed by atoms with Gasteiger partial charge >= 0.3 is 0 Å². The number of aryl methyl sites for hydroxylation is 2. The van der Waals surface area contributed by atoms with E-state index in [1.54, 1.807) is 11.3 Å². The van der Waals surface area contributed by atoms with E-state index in [0.29, 0.717) is 0 Å². The summed E-state index contributed by atoms with van der Waals surface area (Å²) in [5.74, 6) is 0. The van der Waals surface area contributed by atoms with E-state index >= 15 is 0 Å². The number of fused-ring (bicyclic) bond motifs is 4. The van der Waals surface area contributed by atoms with Crippen LogP contribution in [0.1, 0.15) is 37.5 Å². The second kappa shape index (κ2) is 12.3. The normalized spacial score (nSPS) is 11.4. The summed E-state index contributed by atoms with van der Waals surface area (Å²) in [6, 6.07) is 31.3. The van der Waals surface area contributed by atoms with Crippen molar-refractivity contribution in [2.75, 3.05) is 0 Å². The molecule has 7 aromatic rings. The molecule has 0 saturated heterocycles. The summed E-state index contributed by atoms with van der Waals surface area (Å²) < 4.78 is 7.57. The summed E-state index contributed by atoms with van der Waals surface area (Å²) in [6.45, 7) is 11.0. The maximum atomic E-state index is 6.32. The molecule has 0 aliphatic carbocycles. The molecule has 0 atom stereocenters. The van der Waals surface area contributed by atoms with Gasteiger partial charge < -0.3 is 14.4 Å². The van der Waals surface area contributed by atoms with Gasteiger partial charge in [-0.3, -0.25) is 0 Å². The molecule has 0 fully saturated rings. The van der Waals surface area contributed by atoms with Crippen molar-refractivity contribution in [3.63, 3.8) is 0 Å². The molecule has 0 spiro atoms. The molecule has 4 heterocycles. The summed E-state index contributed by atoms with van der Waals surface area (Å²) in [5, 5.41) is 5.66. The first-order valence-corrected chi connectivity index (χ1v) is 14.7. The van der Waals surface area contributed by atoms with Crippen LogP contribution in [0.5, 0.6) is 0 Å². The average molecular weight is 745 g/mol. The molecule has 0 N–H and O–H groups in total. The quantitative estimate of drug-likeness (QED) is 0.169. The van der Waals surface area contributed by atoms with Crippen molar-refractivity contribution >= 4 is 43.4 Å². The second-order valence-corrected chi connectivity index (χ2v) is 12.7. The molecule has 5 heteroatoms. The van der Waals surface area contributed by atoms with Gasteiger partial charge in [-0.05, 0) is 77.2 Å². The van der Waals surface area contributed by atoms with Crippen molar-refractivity contribution in [1.29, 1.82) is 0 Å². The minimum absolute atomic E-state index is 0. The first kappa shape index (κ1) is 29.8. The zero-order valence-electron chi connectivity index (χ0n) is 24.4. The molecule has 0 aliphatic heterocycles. The Morgan fingerprint density at radius 3 is 2.40 bits per heavy atom. The molecule has 0 unspecified atom stereocenters. The van der Waals surface area contributed by atoms with Crippen molar-refractivity contribution in [3.05, 3.63) is 119 Å². The SMILES string of the molecule is Cc1ccc(-c2[c-]cccc2)nc1.Cc1cnc(-c2[c-]ccc3c2oc2cc4sccc4cc23)cc1CC(C)(C)C.[Ir]. The Hall–Kier alpha value is -3.63. The van der Waals surface area contributed by atoms with Gasteiger partial charge in [0.05, 0.1) is 5.58 Å². The van der Waals surface area contributed by atoms with Crippen molar-refractivity contribution < 1.29 is 24.5 Å². The summed E-state index contributed by atoms with van der Waals surface area (Å²) in [5.41, 5.74) is 9.65. The molecular formula is C37H32IrN2OS-2. The van der Waals surface area contributed by atoms with Crippen molar-refractivity contribution in [2.45, 2.75) is 41.0 Å². The fourth-order valence-corrected chi connectivity index (χ4v) is 5.83. The number of rotatable bonds is 3. The van der Waals surface area contributed by atoms with Crippen LogP contribution in [-0.2, 0) is 26.5 Å². The molecule has 3 nitrogen and oxygen atoms in total. The van der Waals surface area contributed by atoms with Gasteiger partial charge in [0.25, 0.3) is 0 Å². The number of thiophene rings is 1. The van der Waals surface area contributed by atoms with Crippen LogP contribution in [0.3, 0.4) is 0 Å². The predicted octanol–water partition coefficient (Wildman–Crippen LogP) is 10.4. The second-order valence-electron chi connectivity index (χ2n) is 11.7. The maximum absolute atomic E-state index is 6.32. The van der Waals surface area contributed by atoms with Crippen LogP contribution in [0.2, 0.25) is 0 Å². The van der Waals surface area contributed by atoms with Crippen molar-refractivity contribution in [2.24, 2.45) is 5.41 Å². The minimum atomic E-state index is 0. The van der Waals surface area contributed by atoms with E-state index in [2.05, 4.69) is 86.6 Å². The molecule has 0 amide bonds. The minimum Gasteiger partial charge on any atom is -0.501 e. The van der Waals surface area contributed by atoms with E-state index in [4.69, 9.17) is 9.40 Å². The molecule has 7 rings (SSSR count). The smallest absolute Gasteiger partial charge is 0.122 e. The van der Waals surface area contributed by atoms with Gasteiger partial charge in [0.2, 0.25) is 0 Å². The van der Waals surface area contributed by atoms with Crippen LogP contribution in [0.4, 0.5) is 0 Å². The molecule has 0 aliphatic rings. The Balaban J connectivity index is 0.000000212. The third-order valence-corrected chi connectivity index (χ3v) is 7.97. The van der Waals surface area contributed by atoms with E-state index in [9.17, 15) is 0 Å². The Morgan fingerprint density at radius 1 is 0.833 bits per heavy atom. The van der Waals surface area contributed by atoms with Gasteiger partial charge in [0.1, 0.15) is 5.58 Å². The van der Waals surface area contributed by atoms with Crippen LogP contribution in [0, 0.1) is 31.4 Å². The van der Waals surface area contributed by atoms with Crippen LogP contribution in [-0.4, -0.2) is 9.97 Å². The van der Waals surface area contributed by atoms with Gasteiger partial charge in [-0.1, -0.05) is 55.5 Å². The van der Waals surface area contributed by atoms with Gasteiger partial charge in [-0.25, -0.2) is 0 Å². The molecule has 0 saturated carbocycles. The largest absolute Gasteiger partial charge is 0.501 e. The van der Waals surface area contributed by atoms with Crippen LogP contribution >= 0.6 is 11.3 Å². The maximum Gasteiger partial charge on any atom is 0.122 e. The fourth-order valence-electron chi connectivity index (χ4n) is 5.03. The monoisotopic (exact) mass is 745 g/mol. The first-order chi connectivity index (χ1) is 19.7. The molecule has 1 radical (unpaired) electrons. The predicted molar refractivity (Wildman–Crippen MR) is 172 cm³/mol. The Kier molecular flexibility index (Phi) is 8.75. The van der Waals surface area contributed by atoms with Gasteiger partial charge in [-0.2, -0.15) is 0 Å². The third kappa shape index (κ3) is 6.39. The van der Waals surface area contributed by atoms with Gasteiger partial charge in [0, 0.05) is 42.6 Å². The summed E-state index contributed by atoms with van der Waals surface area (Å²) >= 11 is 1.74. The van der Waals surface area contributed by atoms with E-state index in [1.807, 2.05) is 55.7 Å². The van der Waals surface area contributed by atoms with Crippen LogP contribution < -0.4 is 0 Å². The number of pyridine rings is 2. The zero-order valence-corrected chi connectivity index (χ0v) is 27.6. The Labute approximate surface area is 265 Å². The topological polar surface area (TPSA) is 38.9 Å². The standard InChI is InChI=1S/C25H22NOS.C12H10N.Ir/c1-15-14-26-21(11-17(15)13-25(2,3)4)19-7-5-6-18-20-10-16-8-9-28-23(16)12-22(20)27-24(18)19;1-10-7-8-12(13-9-10)11-5-3-2-4-6-11;/h5-6,8-12,14H,13H2,1-4H3;2-5,7-9H,1H3;/q2*-1;. The van der Waals surface area contributed by atoms with Crippen LogP contribution in [0.25, 0.3) is 54.5 Å². The van der Waals surface area contributed by atoms with Crippen LogP contribution in [0.15, 0.2) is 95.0 Å². The van der Waals surface area contributed by atoms with E-state index in [1.165, 1.54) is 26.8 Å². The summed E-state index contributed by atoms with van der Waals surface area (Å²) in [4.78, 5) is 9.03. The number of furan rings is 1. The zero-order chi connectivity index (χ0) is 28.6. The van der Waals surface area contributed by atoms with Crippen molar-refractivity contribution in [3.8, 4) is 22.5 Å². The number of benzene rings is 3. The van der Waals surface area contributed by atoms with E-state index in [0.717, 1.165) is 50.9 Å². The molecular weight excluding hydrogens is 713 g/mol. The molecule has 0 bridgehead atoms. The van der Waals surface area contributed by atoms with Crippen molar-refractivity contribution in [1.82, 2.24) is 9.97 Å². The Morgan fingerprint density at radius 2 is 1.67 bits per heavy atom. The third-order valence-electron chi connectivity index (χ3n) is 7.09. The number of nitrogens with zero attached hydrogens (tertiary/aromatic N) is 2. The molecule has 42 heavy (non-hydrogen) atoms. The summed E-state index contributed by atoms with van der Waals surface area (Å²) in [7, 11) is 0.